The first-order chi connectivity index (χ1) is 8.97. The lowest BCUT2D eigenvalue weighted by Crippen LogP contribution is -2.18. The number of aryl methyl sites for hydroxylation is 2. The van der Waals surface area contributed by atoms with Gasteiger partial charge in [0.05, 0.1) is 21.4 Å². The predicted octanol–water partition coefficient (Wildman–Crippen LogP) is 3.85. The molecule has 0 aliphatic carbocycles. The molecular formula is C14H18ClN3S. The van der Waals surface area contributed by atoms with Gasteiger partial charge in [0.25, 0.3) is 0 Å². The van der Waals surface area contributed by atoms with Crippen LogP contribution in [0.1, 0.15) is 34.1 Å². The van der Waals surface area contributed by atoms with Gasteiger partial charge in [-0.25, -0.2) is 4.98 Å². The molecule has 1 atom stereocenters. The number of hydrogen-bond donors (Lipinski definition) is 2. The molecule has 0 saturated carbocycles. The number of benzene rings is 1. The second-order valence-corrected chi connectivity index (χ2v) is 6.28. The third kappa shape index (κ3) is 3.47. The Morgan fingerprint density at radius 2 is 2.16 bits per heavy atom. The molecule has 0 spiro atoms. The molecule has 1 unspecified atom stereocenters. The Kier molecular flexibility index (Phi) is 4.45. The second kappa shape index (κ2) is 5.90. The van der Waals surface area contributed by atoms with E-state index in [0.29, 0.717) is 10.7 Å². The first-order valence-corrected chi connectivity index (χ1v) is 7.38. The fourth-order valence-corrected chi connectivity index (χ4v) is 3.09. The summed E-state index contributed by atoms with van der Waals surface area (Å²) in [5, 5.41) is 5.20. The predicted molar refractivity (Wildman–Crippen MR) is 82.7 cm³/mol. The third-order valence-corrected chi connectivity index (χ3v) is 4.61. The molecule has 0 aliphatic rings. The van der Waals surface area contributed by atoms with Crippen molar-refractivity contribution in [2.75, 3.05) is 5.73 Å². The van der Waals surface area contributed by atoms with E-state index < -0.39 is 0 Å². The molecule has 19 heavy (non-hydrogen) atoms. The van der Waals surface area contributed by atoms with Crippen LogP contribution < -0.4 is 11.1 Å². The quantitative estimate of drug-likeness (QED) is 0.843. The van der Waals surface area contributed by atoms with E-state index in [-0.39, 0.29) is 6.04 Å². The molecule has 3 nitrogen and oxygen atoms in total. The summed E-state index contributed by atoms with van der Waals surface area (Å²) in [6.07, 6.45) is 0. The van der Waals surface area contributed by atoms with Crippen LogP contribution in [0.2, 0.25) is 5.02 Å². The number of nitrogens with two attached hydrogens (primary N) is 1. The molecular weight excluding hydrogens is 278 g/mol. The van der Waals surface area contributed by atoms with E-state index in [0.717, 1.165) is 22.8 Å². The van der Waals surface area contributed by atoms with Gasteiger partial charge in [0.15, 0.2) is 0 Å². The van der Waals surface area contributed by atoms with E-state index in [1.54, 1.807) is 11.3 Å². The number of aromatic nitrogens is 1. The molecule has 1 aromatic heterocycles. The lowest BCUT2D eigenvalue weighted by Gasteiger charge is -2.13. The van der Waals surface area contributed by atoms with E-state index in [9.17, 15) is 0 Å². The number of nitrogens with one attached hydrogen (secondary N) is 1. The summed E-state index contributed by atoms with van der Waals surface area (Å²) < 4.78 is 0. The Morgan fingerprint density at radius 1 is 1.42 bits per heavy atom. The number of thiazole rings is 1. The zero-order valence-corrected chi connectivity index (χ0v) is 12.9. The van der Waals surface area contributed by atoms with Crippen molar-refractivity contribution >= 4 is 28.6 Å². The van der Waals surface area contributed by atoms with Crippen molar-refractivity contribution in [1.82, 2.24) is 10.3 Å². The highest BCUT2D eigenvalue weighted by Crippen LogP contribution is 2.25. The van der Waals surface area contributed by atoms with Gasteiger partial charge in [0.2, 0.25) is 0 Å². The molecule has 5 heteroatoms. The van der Waals surface area contributed by atoms with Gasteiger partial charge in [0.1, 0.15) is 0 Å². The molecule has 1 heterocycles. The number of anilines is 1. The summed E-state index contributed by atoms with van der Waals surface area (Å²) in [6, 6.07) is 6.01. The van der Waals surface area contributed by atoms with Crippen molar-refractivity contribution in [2.24, 2.45) is 0 Å². The Labute approximate surface area is 122 Å². The molecule has 0 radical (unpaired) electrons. The minimum atomic E-state index is 0.281. The summed E-state index contributed by atoms with van der Waals surface area (Å²) >= 11 is 7.65. The summed E-state index contributed by atoms with van der Waals surface area (Å²) in [5.74, 6) is 0. The minimum absolute atomic E-state index is 0.281. The van der Waals surface area contributed by atoms with Crippen molar-refractivity contribution in [3.63, 3.8) is 0 Å². The summed E-state index contributed by atoms with van der Waals surface area (Å²) in [7, 11) is 0. The number of nitrogens with zero attached hydrogens (tertiary/aromatic N) is 1. The van der Waals surface area contributed by atoms with Crippen LogP contribution >= 0.6 is 22.9 Å². The highest BCUT2D eigenvalue weighted by atomic mass is 35.5. The van der Waals surface area contributed by atoms with Gasteiger partial charge in [-0.3, -0.25) is 0 Å². The number of rotatable bonds is 4. The maximum atomic E-state index is 5.91. The van der Waals surface area contributed by atoms with Crippen molar-refractivity contribution < 1.29 is 0 Å². The highest BCUT2D eigenvalue weighted by Gasteiger charge is 2.12. The first-order valence-electron chi connectivity index (χ1n) is 6.18. The van der Waals surface area contributed by atoms with Gasteiger partial charge >= 0.3 is 0 Å². The zero-order chi connectivity index (χ0) is 14.0. The largest absolute Gasteiger partial charge is 0.398 e. The minimum Gasteiger partial charge on any atom is -0.398 e. The molecule has 0 fully saturated rings. The van der Waals surface area contributed by atoms with Crippen molar-refractivity contribution in [1.29, 1.82) is 0 Å². The summed E-state index contributed by atoms with van der Waals surface area (Å²) in [4.78, 5) is 5.75. The lowest BCUT2D eigenvalue weighted by molar-refractivity contribution is 0.579. The number of halogens is 1. The first kappa shape index (κ1) is 14.3. The van der Waals surface area contributed by atoms with Gasteiger partial charge < -0.3 is 11.1 Å². The van der Waals surface area contributed by atoms with Crippen molar-refractivity contribution in [3.05, 3.63) is 44.4 Å². The molecule has 3 N–H and O–H groups in total. The van der Waals surface area contributed by atoms with Crippen LogP contribution in [0.25, 0.3) is 0 Å². The van der Waals surface area contributed by atoms with Crippen LogP contribution in [0.4, 0.5) is 5.69 Å². The molecule has 0 aliphatic heterocycles. The molecule has 0 bridgehead atoms. The van der Waals surface area contributed by atoms with E-state index >= 15 is 0 Å². The Balaban J connectivity index is 2.02. The van der Waals surface area contributed by atoms with Crippen LogP contribution in [0.15, 0.2) is 18.2 Å². The monoisotopic (exact) mass is 295 g/mol. The van der Waals surface area contributed by atoms with Crippen molar-refractivity contribution in [2.45, 2.75) is 33.4 Å². The SMILES string of the molecule is Cc1nc(C)c(C(C)NCc2ccc(Cl)c(N)c2)s1. The second-order valence-electron chi connectivity index (χ2n) is 4.64. The molecule has 1 aromatic carbocycles. The smallest absolute Gasteiger partial charge is 0.0900 e. The average Bonchev–Trinajstić information content (AvgIpc) is 2.70. The van der Waals surface area contributed by atoms with E-state index in [2.05, 4.69) is 24.1 Å². The van der Waals surface area contributed by atoms with Gasteiger partial charge in [-0.2, -0.15) is 0 Å². The normalized spacial score (nSPS) is 12.6. The fourth-order valence-electron chi connectivity index (χ4n) is 2.02. The topological polar surface area (TPSA) is 50.9 Å². The van der Waals surface area contributed by atoms with Gasteiger partial charge in [-0.1, -0.05) is 17.7 Å². The highest BCUT2D eigenvalue weighted by molar-refractivity contribution is 7.11. The van der Waals surface area contributed by atoms with Crippen LogP contribution in [0.5, 0.6) is 0 Å². The van der Waals surface area contributed by atoms with Gasteiger partial charge in [0, 0.05) is 17.5 Å². The molecule has 102 valence electrons. The van der Waals surface area contributed by atoms with E-state index in [1.807, 2.05) is 25.1 Å². The van der Waals surface area contributed by atoms with E-state index in [1.165, 1.54) is 4.88 Å². The van der Waals surface area contributed by atoms with Gasteiger partial charge in [-0.15, -0.1) is 11.3 Å². The number of hydrogen-bond acceptors (Lipinski definition) is 4. The Morgan fingerprint density at radius 3 is 2.74 bits per heavy atom. The molecule has 0 saturated heterocycles. The maximum Gasteiger partial charge on any atom is 0.0900 e. The summed E-state index contributed by atoms with van der Waals surface area (Å²) in [6.45, 7) is 7.00. The van der Waals surface area contributed by atoms with Crippen LogP contribution in [0.3, 0.4) is 0 Å². The Bertz CT molecular complexity index is 580. The van der Waals surface area contributed by atoms with Crippen LogP contribution in [-0.4, -0.2) is 4.98 Å². The molecule has 2 rings (SSSR count). The average molecular weight is 296 g/mol. The van der Waals surface area contributed by atoms with Crippen LogP contribution in [0, 0.1) is 13.8 Å². The molecule has 0 amide bonds. The van der Waals surface area contributed by atoms with Crippen LogP contribution in [-0.2, 0) is 6.54 Å². The lowest BCUT2D eigenvalue weighted by atomic mass is 10.1. The fraction of sp³-hybridized carbons (Fsp3) is 0.357. The zero-order valence-electron chi connectivity index (χ0n) is 11.3. The third-order valence-electron chi connectivity index (χ3n) is 3.01. The summed E-state index contributed by atoms with van der Waals surface area (Å²) in [5.41, 5.74) is 8.66. The Hall–Kier alpha value is -1.10. The van der Waals surface area contributed by atoms with Gasteiger partial charge in [-0.05, 0) is 38.5 Å². The van der Waals surface area contributed by atoms with Crippen molar-refractivity contribution in [3.8, 4) is 0 Å². The number of nitrogen functional groups attached to an aromatic ring is 1. The van der Waals surface area contributed by atoms with E-state index in [4.69, 9.17) is 17.3 Å². The maximum absolute atomic E-state index is 5.91. The molecule has 2 aromatic rings. The standard InChI is InChI=1S/C14H18ClN3S/c1-8(14-9(2)18-10(3)19-14)17-7-11-4-5-12(15)13(16)6-11/h4-6,8,17H,7,16H2,1-3H3.